The molecule has 1 aliphatic rings. The summed E-state index contributed by atoms with van der Waals surface area (Å²) in [4.78, 5) is 7.22. The molecular weight excluding hydrogens is 346 g/mol. The summed E-state index contributed by atoms with van der Waals surface area (Å²) < 4.78 is 24.7. The van der Waals surface area contributed by atoms with Crippen molar-refractivity contribution in [1.82, 2.24) is 5.32 Å². The van der Waals surface area contributed by atoms with E-state index in [4.69, 9.17) is 0 Å². The fourth-order valence-electron chi connectivity index (χ4n) is 3.14. The lowest BCUT2D eigenvalue weighted by atomic mass is 10.2. The van der Waals surface area contributed by atoms with Crippen molar-refractivity contribution in [1.29, 1.82) is 0 Å². The van der Waals surface area contributed by atoms with Crippen LogP contribution in [0.3, 0.4) is 0 Å². The quantitative estimate of drug-likeness (QED) is 0.482. The second-order valence-corrected chi connectivity index (χ2v) is 8.36. The smallest absolute Gasteiger partial charge is 0.198 e. The molecule has 6 heteroatoms. The summed E-state index contributed by atoms with van der Waals surface area (Å²) in [5, 5.41) is 3.32. The minimum atomic E-state index is -3.24. The predicted molar refractivity (Wildman–Crippen MR) is 107 cm³/mol. The highest BCUT2D eigenvalue weighted by Gasteiger charge is 2.22. The molecule has 0 atom stereocenters. The number of aliphatic imine (C=N–C) groups is 1. The number of benzene rings is 2. The van der Waals surface area contributed by atoms with Gasteiger partial charge in [-0.15, -0.1) is 0 Å². The topological polar surface area (TPSA) is 61.8 Å². The molecule has 1 aliphatic heterocycles. The van der Waals surface area contributed by atoms with Crippen LogP contribution in [0.15, 0.2) is 64.5 Å². The summed E-state index contributed by atoms with van der Waals surface area (Å²) >= 11 is 0. The Morgan fingerprint density at radius 3 is 2.62 bits per heavy atom. The van der Waals surface area contributed by atoms with Gasteiger partial charge >= 0.3 is 0 Å². The average Bonchev–Trinajstić information content (AvgIpc) is 3.09. The third kappa shape index (κ3) is 4.25. The zero-order valence-electron chi connectivity index (χ0n) is 15.1. The summed E-state index contributed by atoms with van der Waals surface area (Å²) in [7, 11) is -3.24. The third-order valence-corrected chi connectivity index (χ3v) is 6.23. The van der Waals surface area contributed by atoms with Crippen molar-refractivity contribution in [3.63, 3.8) is 0 Å². The van der Waals surface area contributed by atoms with Gasteiger partial charge in [0.1, 0.15) is 0 Å². The second kappa shape index (κ2) is 8.36. The summed E-state index contributed by atoms with van der Waals surface area (Å²) in [6.45, 7) is 4.19. The predicted octanol–water partition coefficient (Wildman–Crippen LogP) is 2.88. The zero-order chi connectivity index (χ0) is 18.4. The van der Waals surface area contributed by atoms with Gasteiger partial charge in [0.25, 0.3) is 0 Å². The molecule has 3 rings (SSSR count). The molecule has 0 unspecified atom stereocenters. The molecule has 138 valence electrons. The molecule has 0 bridgehead atoms. The van der Waals surface area contributed by atoms with Crippen LogP contribution < -0.4 is 10.2 Å². The fraction of sp³-hybridized carbons (Fsp3) is 0.350. The van der Waals surface area contributed by atoms with Gasteiger partial charge < -0.3 is 10.2 Å². The van der Waals surface area contributed by atoms with Crippen LogP contribution in [0.2, 0.25) is 0 Å². The van der Waals surface area contributed by atoms with Gasteiger partial charge in [0.15, 0.2) is 15.8 Å². The first-order valence-corrected chi connectivity index (χ1v) is 10.7. The van der Waals surface area contributed by atoms with Gasteiger partial charge in [0.2, 0.25) is 0 Å². The highest BCUT2D eigenvalue weighted by Crippen LogP contribution is 2.27. The molecule has 26 heavy (non-hydrogen) atoms. The molecule has 2 aromatic carbocycles. The first kappa shape index (κ1) is 18.5. The Balaban J connectivity index is 1.64. The normalized spacial score (nSPS) is 14.3. The molecule has 2 aromatic rings. The van der Waals surface area contributed by atoms with E-state index in [2.05, 4.69) is 33.4 Å². The first-order chi connectivity index (χ1) is 12.6. The zero-order valence-corrected chi connectivity index (χ0v) is 15.9. The lowest BCUT2D eigenvalue weighted by Gasteiger charge is -2.22. The van der Waals surface area contributed by atoms with E-state index < -0.39 is 9.84 Å². The number of nitrogens with zero attached hydrogens (tertiary/aromatic N) is 2. The molecule has 0 spiro atoms. The molecule has 0 aromatic heterocycles. The largest absolute Gasteiger partial charge is 0.356 e. The number of guanidine groups is 1. The van der Waals surface area contributed by atoms with E-state index in [9.17, 15) is 8.42 Å². The number of hydrogen-bond donors (Lipinski definition) is 1. The lowest BCUT2D eigenvalue weighted by Crippen LogP contribution is -2.40. The van der Waals surface area contributed by atoms with Gasteiger partial charge in [0, 0.05) is 25.3 Å². The Labute approximate surface area is 155 Å². The van der Waals surface area contributed by atoms with Gasteiger partial charge in [-0.25, -0.2) is 8.42 Å². The van der Waals surface area contributed by atoms with Crippen LogP contribution in [0.1, 0.15) is 18.9 Å². The Morgan fingerprint density at radius 1 is 1.12 bits per heavy atom. The number of hydrogen-bond acceptors (Lipinski definition) is 3. The maximum Gasteiger partial charge on any atom is 0.198 e. The monoisotopic (exact) mass is 371 g/mol. The molecule has 0 amide bonds. The van der Waals surface area contributed by atoms with Crippen LogP contribution in [-0.2, 0) is 16.3 Å². The molecule has 5 nitrogen and oxygen atoms in total. The van der Waals surface area contributed by atoms with Crippen LogP contribution in [0, 0.1) is 0 Å². The molecule has 0 radical (unpaired) electrons. The van der Waals surface area contributed by atoms with Crippen LogP contribution in [0.4, 0.5) is 5.69 Å². The van der Waals surface area contributed by atoms with E-state index in [1.165, 1.54) is 11.3 Å². The third-order valence-electron chi connectivity index (χ3n) is 4.41. The summed E-state index contributed by atoms with van der Waals surface area (Å²) in [5.74, 6) is 0.936. The molecule has 0 fully saturated rings. The van der Waals surface area contributed by atoms with Gasteiger partial charge in [0.05, 0.1) is 10.6 Å². The Bertz CT molecular complexity index is 864. The van der Waals surface area contributed by atoms with Crippen molar-refractivity contribution >= 4 is 21.5 Å². The van der Waals surface area contributed by atoms with Gasteiger partial charge in [-0.05, 0) is 43.5 Å². The van der Waals surface area contributed by atoms with E-state index in [0.717, 1.165) is 25.5 Å². The Kier molecular flexibility index (Phi) is 5.93. The van der Waals surface area contributed by atoms with E-state index >= 15 is 0 Å². The van der Waals surface area contributed by atoms with Crippen molar-refractivity contribution in [3.8, 4) is 0 Å². The van der Waals surface area contributed by atoms with Gasteiger partial charge in [-0.2, -0.15) is 0 Å². The number of nitrogens with one attached hydrogen (secondary N) is 1. The Hall–Kier alpha value is -2.34. The maximum absolute atomic E-state index is 12.3. The number of sulfone groups is 1. The van der Waals surface area contributed by atoms with Crippen LogP contribution >= 0.6 is 0 Å². The standard InChI is InChI=1S/C20H25N3O2S/c1-2-21-20(23-15-13-17-9-6-7-12-19(17)23)22-14-8-16-26(24,25)18-10-4-3-5-11-18/h3-7,9-12H,2,8,13-16H2,1H3,(H,21,22). The van der Waals surface area contributed by atoms with Crippen molar-refractivity contribution < 1.29 is 8.42 Å². The van der Waals surface area contributed by atoms with Crippen molar-refractivity contribution in [3.05, 3.63) is 60.2 Å². The fourth-order valence-corrected chi connectivity index (χ4v) is 4.45. The van der Waals surface area contributed by atoms with E-state index in [1.54, 1.807) is 24.3 Å². The number of para-hydroxylation sites is 1. The minimum absolute atomic E-state index is 0.108. The van der Waals surface area contributed by atoms with Gasteiger partial charge in [-0.1, -0.05) is 36.4 Å². The second-order valence-electron chi connectivity index (χ2n) is 6.25. The Morgan fingerprint density at radius 2 is 1.85 bits per heavy atom. The molecular formula is C20H25N3O2S. The van der Waals surface area contributed by atoms with E-state index in [0.29, 0.717) is 17.9 Å². The van der Waals surface area contributed by atoms with E-state index in [-0.39, 0.29) is 5.75 Å². The van der Waals surface area contributed by atoms with Crippen molar-refractivity contribution in [2.75, 3.05) is 30.3 Å². The highest BCUT2D eigenvalue weighted by atomic mass is 32.2. The average molecular weight is 372 g/mol. The highest BCUT2D eigenvalue weighted by molar-refractivity contribution is 7.91. The number of rotatable bonds is 6. The molecule has 1 N–H and O–H groups in total. The SMILES string of the molecule is CCNC(=NCCCS(=O)(=O)c1ccccc1)N1CCc2ccccc21. The maximum atomic E-state index is 12.3. The molecule has 0 saturated carbocycles. The van der Waals surface area contributed by atoms with Crippen molar-refractivity contribution in [2.45, 2.75) is 24.7 Å². The molecule has 0 saturated heterocycles. The van der Waals surface area contributed by atoms with Crippen LogP contribution in [0.5, 0.6) is 0 Å². The summed E-state index contributed by atoms with van der Waals surface area (Å²) in [6.07, 6.45) is 1.50. The minimum Gasteiger partial charge on any atom is -0.356 e. The molecule has 0 aliphatic carbocycles. The van der Waals surface area contributed by atoms with Gasteiger partial charge in [-0.3, -0.25) is 4.99 Å². The van der Waals surface area contributed by atoms with E-state index in [1.807, 2.05) is 19.1 Å². The van der Waals surface area contributed by atoms with Crippen LogP contribution in [-0.4, -0.2) is 39.8 Å². The van der Waals surface area contributed by atoms with Crippen molar-refractivity contribution in [2.24, 2.45) is 4.99 Å². The van der Waals surface area contributed by atoms with Crippen LogP contribution in [0.25, 0.3) is 0 Å². The molecule has 1 heterocycles. The number of fused-ring (bicyclic) bond motifs is 1. The lowest BCUT2D eigenvalue weighted by molar-refractivity contribution is 0.593. The summed E-state index contributed by atoms with van der Waals surface area (Å²) in [5.41, 5.74) is 2.51. The number of anilines is 1. The summed E-state index contributed by atoms with van der Waals surface area (Å²) in [6, 6.07) is 16.9. The first-order valence-electron chi connectivity index (χ1n) is 9.03.